The molecule has 22 heavy (non-hydrogen) atoms. The number of aromatic nitrogens is 3. The highest BCUT2D eigenvalue weighted by atomic mass is 35.5. The summed E-state index contributed by atoms with van der Waals surface area (Å²) in [7, 11) is 0. The average Bonchev–Trinajstić information content (AvgIpc) is 2.88. The third-order valence-electron chi connectivity index (χ3n) is 3.15. The summed E-state index contributed by atoms with van der Waals surface area (Å²) < 4.78 is 2.22. The van der Waals surface area contributed by atoms with E-state index in [4.69, 9.17) is 35.4 Å². The highest BCUT2D eigenvalue weighted by Crippen LogP contribution is 2.21. The molecule has 0 saturated heterocycles. The first-order valence-corrected chi connectivity index (χ1v) is 7.72. The molecule has 4 nitrogen and oxygen atoms in total. The van der Waals surface area contributed by atoms with Gasteiger partial charge in [0.1, 0.15) is 0 Å². The van der Waals surface area contributed by atoms with Gasteiger partial charge in [0, 0.05) is 15.6 Å². The molecule has 0 radical (unpaired) electrons. The number of benzene rings is 2. The summed E-state index contributed by atoms with van der Waals surface area (Å²) >= 11 is 17.4. The van der Waals surface area contributed by atoms with E-state index in [1.54, 1.807) is 16.8 Å². The molecule has 112 valence electrons. The van der Waals surface area contributed by atoms with Gasteiger partial charge in [-0.2, -0.15) is 5.10 Å². The lowest BCUT2D eigenvalue weighted by atomic mass is 10.2. The highest BCUT2D eigenvalue weighted by molar-refractivity contribution is 7.71. The number of nitrogens with one attached hydrogen (secondary N) is 2. The molecule has 0 atom stereocenters. The first kappa shape index (κ1) is 15.1. The Balaban J connectivity index is 1.87. The molecule has 0 spiro atoms. The van der Waals surface area contributed by atoms with Crippen LogP contribution >= 0.6 is 35.4 Å². The van der Waals surface area contributed by atoms with Crippen molar-refractivity contribution in [3.05, 3.63) is 68.9 Å². The Morgan fingerprint density at radius 1 is 1.14 bits per heavy atom. The van der Waals surface area contributed by atoms with Crippen LogP contribution in [0.1, 0.15) is 5.56 Å². The second-order valence-corrected chi connectivity index (χ2v) is 5.85. The van der Waals surface area contributed by atoms with Crippen molar-refractivity contribution in [3.63, 3.8) is 0 Å². The summed E-state index contributed by atoms with van der Waals surface area (Å²) in [5, 5.41) is 8.28. The van der Waals surface area contributed by atoms with Crippen molar-refractivity contribution in [1.29, 1.82) is 0 Å². The average molecular weight is 351 g/mol. The molecule has 3 aromatic rings. The van der Waals surface area contributed by atoms with Crippen LogP contribution in [-0.2, 0) is 6.54 Å². The fraction of sp³-hybridized carbons (Fsp3) is 0.0667. The molecule has 0 aliphatic carbocycles. The smallest absolute Gasteiger partial charge is 0.214 e. The van der Waals surface area contributed by atoms with Crippen molar-refractivity contribution in [2.24, 2.45) is 0 Å². The van der Waals surface area contributed by atoms with Crippen molar-refractivity contribution in [2.45, 2.75) is 6.54 Å². The van der Waals surface area contributed by atoms with E-state index in [0.717, 1.165) is 17.0 Å². The molecule has 0 unspecified atom stereocenters. The van der Waals surface area contributed by atoms with Crippen LogP contribution in [0.25, 0.3) is 11.4 Å². The number of halogens is 2. The maximum Gasteiger partial charge on any atom is 0.214 e. The van der Waals surface area contributed by atoms with Crippen LogP contribution in [0.2, 0.25) is 10.0 Å². The second kappa shape index (κ2) is 6.52. The third-order valence-corrected chi connectivity index (χ3v) is 4.01. The fourth-order valence-electron chi connectivity index (χ4n) is 2.05. The van der Waals surface area contributed by atoms with E-state index >= 15 is 0 Å². The van der Waals surface area contributed by atoms with Crippen molar-refractivity contribution < 1.29 is 0 Å². The van der Waals surface area contributed by atoms with E-state index in [2.05, 4.69) is 15.6 Å². The molecule has 3 rings (SSSR count). The SMILES string of the molecule is S=c1[nH]nc(-c2ccccc2)n1NCc1ccc(Cl)cc1Cl. The molecule has 0 saturated carbocycles. The third kappa shape index (κ3) is 3.16. The lowest BCUT2D eigenvalue weighted by Gasteiger charge is -2.11. The minimum Gasteiger partial charge on any atom is -0.317 e. The predicted octanol–water partition coefficient (Wildman–Crippen LogP) is 4.66. The van der Waals surface area contributed by atoms with Gasteiger partial charge >= 0.3 is 0 Å². The summed E-state index contributed by atoms with van der Waals surface area (Å²) in [4.78, 5) is 0. The Bertz CT molecular complexity index is 842. The zero-order valence-electron chi connectivity index (χ0n) is 11.4. The fourth-order valence-corrected chi connectivity index (χ4v) is 2.73. The molecule has 0 amide bonds. The Kier molecular flexibility index (Phi) is 4.47. The first-order valence-electron chi connectivity index (χ1n) is 6.56. The monoisotopic (exact) mass is 350 g/mol. The van der Waals surface area contributed by atoms with Crippen LogP contribution in [0.4, 0.5) is 0 Å². The Labute approximate surface area is 142 Å². The van der Waals surface area contributed by atoms with Gasteiger partial charge in [-0.15, -0.1) is 0 Å². The predicted molar refractivity (Wildman–Crippen MR) is 92.4 cm³/mol. The Hall–Kier alpha value is -1.82. The van der Waals surface area contributed by atoms with Crippen molar-refractivity contribution in [3.8, 4) is 11.4 Å². The molecule has 1 aromatic heterocycles. The first-order chi connectivity index (χ1) is 10.6. The molecule has 0 fully saturated rings. The zero-order valence-corrected chi connectivity index (χ0v) is 13.7. The zero-order chi connectivity index (χ0) is 15.5. The van der Waals surface area contributed by atoms with Gasteiger partial charge in [0.05, 0.1) is 6.54 Å². The maximum absolute atomic E-state index is 6.18. The normalized spacial score (nSPS) is 10.6. The molecule has 0 bridgehead atoms. The van der Waals surface area contributed by atoms with Gasteiger partial charge in [0.15, 0.2) is 5.82 Å². The lowest BCUT2D eigenvalue weighted by molar-refractivity contribution is 0.832. The van der Waals surface area contributed by atoms with Crippen LogP contribution in [0.5, 0.6) is 0 Å². The molecule has 7 heteroatoms. The van der Waals surface area contributed by atoms with Gasteiger partial charge in [-0.3, -0.25) is 0 Å². The summed E-state index contributed by atoms with van der Waals surface area (Å²) in [5.41, 5.74) is 5.11. The number of aromatic amines is 1. The van der Waals surface area contributed by atoms with E-state index in [1.807, 2.05) is 36.4 Å². The summed E-state index contributed by atoms with van der Waals surface area (Å²) in [6.45, 7) is 0.504. The van der Waals surface area contributed by atoms with Gasteiger partial charge in [0.25, 0.3) is 0 Å². The maximum atomic E-state index is 6.18. The van der Waals surface area contributed by atoms with E-state index < -0.39 is 0 Å². The lowest BCUT2D eigenvalue weighted by Crippen LogP contribution is -2.16. The number of H-pyrrole nitrogens is 1. The summed E-state index contributed by atoms with van der Waals surface area (Å²) in [6, 6.07) is 15.2. The minimum absolute atomic E-state index is 0.490. The second-order valence-electron chi connectivity index (χ2n) is 4.62. The van der Waals surface area contributed by atoms with E-state index in [1.165, 1.54) is 0 Å². The summed E-state index contributed by atoms with van der Waals surface area (Å²) in [5.74, 6) is 0.718. The topological polar surface area (TPSA) is 45.6 Å². The van der Waals surface area contributed by atoms with Crippen LogP contribution < -0.4 is 5.43 Å². The largest absolute Gasteiger partial charge is 0.317 e. The van der Waals surface area contributed by atoms with Crippen molar-refractivity contribution in [2.75, 3.05) is 5.43 Å². The molecule has 1 heterocycles. The number of nitrogens with zero attached hydrogens (tertiary/aromatic N) is 2. The van der Waals surface area contributed by atoms with Crippen molar-refractivity contribution in [1.82, 2.24) is 14.9 Å². The molecule has 0 aliphatic rings. The summed E-state index contributed by atoms with van der Waals surface area (Å²) in [6.07, 6.45) is 0. The number of hydrogen-bond donors (Lipinski definition) is 2. The van der Waals surface area contributed by atoms with Gasteiger partial charge in [0.2, 0.25) is 4.77 Å². The quantitative estimate of drug-likeness (QED) is 0.672. The van der Waals surface area contributed by atoms with Crippen LogP contribution in [0.3, 0.4) is 0 Å². The van der Waals surface area contributed by atoms with E-state index in [-0.39, 0.29) is 0 Å². The number of hydrogen-bond acceptors (Lipinski definition) is 3. The Morgan fingerprint density at radius 2 is 1.91 bits per heavy atom. The molecule has 0 aliphatic heterocycles. The van der Waals surface area contributed by atoms with Crippen LogP contribution in [-0.4, -0.2) is 14.9 Å². The number of rotatable bonds is 4. The molecule has 2 N–H and O–H groups in total. The van der Waals surface area contributed by atoms with E-state index in [9.17, 15) is 0 Å². The minimum atomic E-state index is 0.490. The van der Waals surface area contributed by atoms with Crippen LogP contribution in [0, 0.1) is 4.77 Å². The van der Waals surface area contributed by atoms with Gasteiger partial charge in [-0.05, 0) is 29.9 Å². The van der Waals surface area contributed by atoms with Gasteiger partial charge < -0.3 is 5.43 Å². The standard InChI is InChI=1S/C15H12Cl2N4S/c16-12-7-6-11(13(17)8-12)9-18-21-14(19-20-15(21)22)10-4-2-1-3-5-10/h1-8,18H,9H2,(H,20,22). The van der Waals surface area contributed by atoms with Crippen molar-refractivity contribution >= 4 is 35.4 Å². The highest BCUT2D eigenvalue weighted by Gasteiger charge is 2.09. The van der Waals surface area contributed by atoms with Crippen LogP contribution in [0.15, 0.2) is 48.5 Å². The van der Waals surface area contributed by atoms with E-state index in [0.29, 0.717) is 21.4 Å². The molecule has 2 aromatic carbocycles. The van der Waals surface area contributed by atoms with Gasteiger partial charge in [-0.25, -0.2) is 9.77 Å². The molecular formula is C15H12Cl2N4S. The Morgan fingerprint density at radius 3 is 2.64 bits per heavy atom. The van der Waals surface area contributed by atoms with Gasteiger partial charge in [-0.1, -0.05) is 59.6 Å². The molecular weight excluding hydrogens is 339 g/mol.